The van der Waals surface area contributed by atoms with Gasteiger partial charge in [0, 0.05) is 24.2 Å². The topological polar surface area (TPSA) is 38.0 Å². The highest BCUT2D eigenvalue weighted by molar-refractivity contribution is 5.10. The van der Waals surface area contributed by atoms with Crippen LogP contribution in [0.1, 0.15) is 50.7 Å². The minimum absolute atomic E-state index is 0.119. The number of aliphatic hydroxyl groups is 1. The molecule has 6 heteroatoms. The van der Waals surface area contributed by atoms with Gasteiger partial charge in [0.15, 0.2) is 0 Å². The number of rotatable bonds is 4. The van der Waals surface area contributed by atoms with Gasteiger partial charge in [-0.25, -0.2) is 0 Å². The lowest BCUT2D eigenvalue weighted by molar-refractivity contribution is -0.207. The van der Waals surface area contributed by atoms with Gasteiger partial charge < -0.3 is 5.11 Å². The van der Waals surface area contributed by atoms with Crippen LogP contribution in [0.4, 0.5) is 13.2 Å². The fourth-order valence-corrected chi connectivity index (χ4v) is 3.07. The van der Waals surface area contributed by atoms with E-state index in [-0.39, 0.29) is 6.42 Å². The molecule has 1 heterocycles. The van der Waals surface area contributed by atoms with Crippen LogP contribution in [-0.2, 0) is 6.54 Å². The van der Waals surface area contributed by atoms with Crippen LogP contribution >= 0.6 is 0 Å². The Kier molecular flexibility index (Phi) is 4.73. The summed E-state index contributed by atoms with van der Waals surface area (Å²) in [6, 6.07) is 0. The molecule has 20 heavy (non-hydrogen) atoms. The van der Waals surface area contributed by atoms with Crippen LogP contribution in [0.2, 0.25) is 0 Å². The zero-order valence-corrected chi connectivity index (χ0v) is 11.6. The van der Waals surface area contributed by atoms with Gasteiger partial charge in [-0.3, -0.25) is 4.68 Å². The number of hydrogen-bond donors (Lipinski definition) is 1. The third-order valence-electron chi connectivity index (χ3n) is 4.09. The second-order valence-corrected chi connectivity index (χ2v) is 5.58. The summed E-state index contributed by atoms with van der Waals surface area (Å²) < 4.78 is 40.9. The predicted octanol–water partition coefficient (Wildman–Crippen LogP) is 3.70. The molecular weight excluding hydrogens is 269 g/mol. The summed E-state index contributed by atoms with van der Waals surface area (Å²) in [4.78, 5) is 0. The maximum absolute atomic E-state index is 13.1. The summed E-state index contributed by atoms with van der Waals surface area (Å²) in [7, 11) is 0. The Morgan fingerprint density at radius 3 is 2.75 bits per heavy atom. The molecule has 1 aromatic rings. The highest BCUT2D eigenvalue weighted by Gasteiger charge is 2.48. The van der Waals surface area contributed by atoms with Gasteiger partial charge in [0.2, 0.25) is 0 Å². The van der Waals surface area contributed by atoms with E-state index in [0.29, 0.717) is 24.9 Å². The van der Waals surface area contributed by atoms with Gasteiger partial charge >= 0.3 is 6.18 Å². The maximum Gasteiger partial charge on any atom is 0.392 e. The van der Waals surface area contributed by atoms with Crippen molar-refractivity contribution >= 4 is 0 Å². The Labute approximate surface area is 116 Å². The van der Waals surface area contributed by atoms with Crippen LogP contribution < -0.4 is 0 Å². The molecule has 1 aliphatic rings. The molecule has 0 bridgehead atoms. The Hall–Kier alpha value is -1.04. The Bertz CT molecular complexity index is 430. The molecule has 2 rings (SSSR count). The maximum atomic E-state index is 13.1. The van der Waals surface area contributed by atoms with Gasteiger partial charge in [-0.2, -0.15) is 18.3 Å². The van der Waals surface area contributed by atoms with Gasteiger partial charge in [-0.1, -0.05) is 19.8 Å². The molecule has 114 valence electrons. The molecule has 1 saturated carbocycles. The van der Waals surface area contributed by atoms with Gasteiger partial charge in [-0.05, 0) is 19.3 Å². The molecule has 1 N–H and O–H groups in total. The molecule has 0 saturated heterocycles. The minimum atomic E-state index is -4.23. The third-order valence-corrected chi connectivity index (χ3v) is 4.09. The minimum Gasteiger partial charge on any atom is -0.388 e. The third kappa shape index (κ3) is 3.34. The fourth-order valence-electron chi connectivity index (χ4n) is 3.07. The molecule has 0 aromatic carbocycles. The monoisotopic (exact) mass is 290 g/mol. The molecule has 1 fully saturated rings. The zero-order valence-electron chi connectivity index (χ0n) is 11.6. The Morgan fingerprint density at radius 1 is 1.40 bits per heavy atom. The summed E-state index contributed by atoms with van der Waals surface area (Å²) in [6.07, 6.45) is 0.613. The molecule has 1 aliphatic carbocycles. The Balaban J connectivity index is 2.14. The highest BCUT2D eigenvalue weighted by atomic mass is 19.4. The van der Waals surface area contributed by atoms with Crippen LogP contribution in [-0.4, -0.2) is 21.1 Å². The molecule has 1 aromatic heterocycles. The summed E-state index contributed by atoms with van der Waals surface area (Å²) in [5.41, 5.74) is 0.500. The first-order valence-electron chi connectivity index (χ1n) is 7.20. The van der Waals surface area contributed by atoms with Crippen molar-refractivity contribution in [2.75, 3.05) is 0 Å². The number of aromatic nitrogens is 2. The molecule has 3 atom stereocenters. The lowest BCUT2D eigenvalue weighted by Gasteiger charge is -2.35. The fraction of sp³-hybridized carbons (Fsp3) is 0.786. The summed E-state index contributed by atoms with van der Waals surface area (Å²) >= 11 is 0. The van der Waals surface area contributed by atoms with E-state index in [4.69, 9.17) is 0 Å². The van der Waals surface area contributed by atoms with Gasteiger partial charge in [0.1, 0.15) is 0 Å². The van der Waals surface area contributed by atoms with E-state index in [0.717, 1.165) is 12.8 Å². The second kappa shape index (κ2) is 6.16. The largest absolute Gasteiger partial charge is 0.392 e. The summed E-state index contributed by atoms with van der Waals surface area (Å²) in [5.74, 6) is -2.15. The predicted molar refractivity (Wildman–Crippen MR) is 69.0 cm³/mol. The quantitative estimate of drug-likeness (QED) is 0.918. The van der Waals surface area contributed by atoms with Gasteiger partial charge in [0.25, 0.3) is 0 Å². The lowest BCUT2D eigenvalue weighted by Crippen LogP contribution is -2.36. The van der Waals surface area contributed by atoms with Crippen LogP contribution in [0.5, 0.6) is 0 Å². The smallest absolute Gasteiger partial charge is 0.388 e. The molecule has 3 nitrogen and oxygen atoms in total. The van der Waals surface area contributed by atoms with E-state index in [9.17, 15) is 18.3 Å². The SMILES string of the molecule is CCCn1cc(C(O)C2CCCCC2C(F)(F)F)cn1. The lowest BCUT2D eigenvalue weighted by atomic mass is 9.74. The number of nitrogens with zero attached hydrogens (tertiary/aromatic N) is 2. The van der Waals surface area contributed by atoms with Crippen LogP contribution in [0.15, 0.2) is 12.4 Å². The first-order chi connectivity index (χ1) is 9.43. The summed E-state index contributed by atoms with van der Waals surface area (Å²) in [6.45, 7) is 2.71. The van der Waals surface area contributed by atoms with E-state index >= 15 is 0 Å². The Morgan fingerprint density at radius 2 is 2.10 bits per heavy atom. The van der Waals surface area contributed by atoms with E-state index < -0.39 is 24.1 Å². The van der Waals surface area contributed by atoms with E-state index in [2.05, 4.69) is 5.10 Å². The molecule has 0 radical (unpaired) electrons. The van der Waals surface area contributed by atoms with Gasteiger partial charge in [-0.15, -0.1) is 0 Å². The standard InChI is InChI=1S/C14H21F3N2O/c1-2-7-19-9-10(8-18-19)13(20)11-5-3-4-6-12(11)14(15,16)17/h8-9,11-13,20H,2-7H2,1H3. The first kappa shape index (κ1) is 15.4. The first-order valence-corrected chi connectivity index (χ1v) is 7.20. The molecular formula is C14H21F3N2O. The number of alkyl halides is 3. The van der Waals surface area contributed by atoms with E-state index in [1.165, 1.54) is 6.20 Å². The van der Waals surface area contributed by atoms with E-state index in [1.54, 1.807) is 10.9 Å². The summed E-state index contributed by atoms with van der Waals surface area (Å²) in [5, 5.41) is 14.4. The normalized spacial score (nSPS) is 25.6. The van der Waals surface area contributed by atoms with Crippen molar-refractivity contribution < 1.29 is 18.3 Å². The van der Waals surface area contributed by atoms with Crippen molar-refractivity contribution in [2.45, 2.75) is 57.9 Å². The molecule has 0 amide bonds. The van der Waals surface area contributed by atoms with Crippen LogP contribution in [0, 0.1) is 11.8 Å². The van der Waals surface area contributed by atoms with Crippen molar-refractivity contribution in [3.63, 3.8) is 0 Å². The van der Waals surface area contributed by atoms with Crippen LogP contribution in [0.3, 0.4) is 0 Å². The number of aliphatic hydroxyl groups excluding tert-OH is 1. The van der Waals surface area contributed by atoms with Gasteiger partial charge in [0.05, 0.1) is 18.2 Å². The average Bonchev–Trinajstić information content (AvgIpc) is 2.86. The molecule has 0 aliphatic heterocycles. The van der Waals surface area contributed by atoms with Crippen molar-refractivity contribution in [3.05, 3.63) is 18.0 Å². The molecule has 3 unspecified atom stereocenters. The van der Waals surface area contributed by atoms with Crippen molar-refractivity contribution in [1.82, 2.24) is 9.78 Å². The van der Waals surface area contributed by atoms with Crippen molar-refractivity contribution in [1.29, 1.82) is 0 Å². The number of aryl methyl sites for hydroxylation is 1. The van der Waals surface area contributed by atoms with E-state index in [1.807, 2.05) is 6.92 Å². The van der Waals surface area contributed by atoms with Crippen molar-refractivity contribution in [2.24, 2.45) is 11.8 Å². The number of hydrogen-bond acceptors (Lipinski definition) is 2. The highest BCUT2D eigenvalue weighted by Crippen LogP contribution is 2.46. The molecule has 0 spiro atoms. The van der Waals surface area contributed by atoms with Crippen molar-refractivity contribution in [3.8, 4) is 0 Å². The van der Waals surface area contributed by atoms with Crippen LogP contribution in [0.25, 0.3) is 0 Å². The zero-order chi connectivity index (χ0) is 14.8. The number of halogens is 3. The second-order valence-electron chi connectivity index (χ2n) is 5.58. The average molecular weight is 290 g/mol.